The molecule has 7 rings (SSSR count). The number of oxazole rings is 1. The lowest BCUT2D eigenvalue weighted by molar-refractivity contribution is -0.144. The third kappa shape index (κ3) is 12.2. The lowest BCUT2D eigenvalue weighted by Crippen LogP contribution is -2.58. The first kappa shape index (κ1) is 45.6. The van der Waals surface area contributed by atoms with E-state index in [9.17, 15) is 19.5 Å². The molecule has 3 atom stereocenters. The molecule has 0 spiro atoms. The molecule has 5 heterocycles. The van der Waals surface area contributed by atoms with E-state index in [0.29, 0.717) is 37.2 Å². The van der Waals surface area contributed by atoms with Gasteiger partial charge in [0.15, 0.2) is 5.58 Å². The predicted molar refractivity (Wildman–Crippen MR) is 239 cm³/mol. The summed E-state index contributed by atoms with van der Waals surface area (Å²) >= 11 is 1.58. The number of ether oxygens (including phenoxy) is 3. The Morgan fingerprint density at radius 1 is 0.968 bits per heavy atom. The number of thiazole rings is 1. The highest BCUT2D eigenvalue weighted by molar-refractivity contribution is 7.13. The number of likely N-dealkylation sites (tertiary alicyclic amines) is 1. The second-order valence-corrected chi connectivity index (χ2v) is 18.0. The van der Waals surface area contributed by atoms with E-state index in [4.69, 9.17) is 23.6 Å². The van der Waals surface area contributed by atoms with Gasteiger partial charge in [-0.15, -0.1) is 11.3 Å². The minimum Gasteiger partial charge on any atom is -0.487 e. The summed E-state index contributed by atoms with van der Waals surface area (Å²) in [6, 6.07) is 16.3. The molecular formula is C46H58N8O8S. The molecule has 336 valence electrons. The molecular weight excluding hydrogens is 825 g/mol. The number of piperazine rings is 1. The maximum Gasteiger partial charge on any atom is 0.298 e. The largest absolute Gasteiger partial charge is 0.487 e. The Bertz CT molecular complexity index is 2300. The first-order valence-corrected chi connectivity index (χ1v) is 22.3. The van der Waals surface area contributed by atoms with E-state index in [1.165, 1.54) is 4.90 Å². The van der Waals surface area contributed by atoms with E-state index in [0.717, 1.165) is 71.2 Å². The Kier molecular flexibility index (Phi) is 15.1. The fourth-order valence-electron chi connectivity index (χ4n) is 7.59. The number of amides is 3. The summed E-state index contributed by atoms with van der Waals surface area (Å²) in [5.74, 6) is -0.538. The summed E-state index contributed by atoms with van der Waals surface area (Å²) in [7, 11) is 0. The fourth-order valence-corrected chi connectivity index (χ4v) is 8.40. The molecule has 0 unspecified atom stereocenters. The summed E-state index contributed by atoms with van der Waals surface area (Å²) < 4.78 is 23.4. The van der Waals surface area contributed by atoms with Crippen LogP contribution in [0.2, 0.25) is 0 Å². The van der Waals surface area contributed by atoms with Crippen LogP contribution in [0.5, 0.6) is 5.75 Å². The van der Waals surface area contributed by atoms with Crippen molar-refractivity contribution in [2.24, 2.45) is 5.41 Å². The molecule has 2 aromatic carbocycles. The number of benzene rings is 2. The molecule has 0 aliphatic carbocycles. The molecule has 63 heavy (non-hydrogen) atoms. The monoisotopic (exact) mass is 882 g/mol. The van der Waals surface area contributed by atoms with Crippen LogP contribution in [0.3, 0.4) is 0 Å². The van der Waals surface area contributed by atoms with Gasteiger partial charge in [0.25, 0.3) is 6.01 Å². The quantitative estimate of drug-likeness (QED) is 0.105. The molecule has 5 aromatic rings. The molecule has 3 aromatic heterocycles. The summed E-state index contributed by atoms with van der Waals surface area (Å²) in [5.41, 5.74) is 7.47. The van der Waals surface area contributed by atoms with Gasteiger partial charge in [-0.2, -0.15) is 4.98 Å². The molecule has 17 heteroatoms. The molecule has 2 aliphatic rings. The van der Waals surface area contributed by atoms with Crippen molar-refractivity contribution in [1.29, 1.82) is 0 Å². The molecule has 0 saturated carbocycles. The lowest BCUT2D eigenvalue weighted by atomic mass is 9.85. The topological polar surface area (TPSA) is 185 Å². The first-order chi connectivity index (χ1) is 30.3. The average Bonchev–Trinajstić information content (AvgIpc) is 4.02. The molecule has 16 nitrogen and oxygen atoms in total. The van der Waals surface area contributed by atoms with Crippen LogP contribution in [-0.2, 0) is 37.0 Å². The molecule has 2 saturated heterocycles. The minimum absolute atomic E-state index is 0.00424. The van der Waals surface area contributed by atoms with Crippen LogP contribution >= 0.6 is 11.3 Å². The van der Waals surface area contributed by atoms with Crippen molar-refractivity contribution in [1.82, 2.24) is 35.4 Å². The van der Waals surface area contributed by atoms with Gasteiger partial charge in [0.05, 0.1) is 47.7 Å². The number of β-amino-alcohol motifs (C(OH)–C–C–N with tert-alkyl or cyclic N) is 1. The highest BCUT2D eigenvalue weighted by Crippen LogP contribution is 2.29. The Balaban J connectivity index is 0.785. The van der Waals surface area contributed by atoms with Crippen molar-refractivity contribution in [3.63, 3.8) is 0 Å². The second kappa shape index (κ2) is 20.8. The number of rotatable bonds is 18. The normalized spacial score (nSPS) is 17.6. The Morgan fingerprint density at radius 2 is 1.75 bits per heavy atom. The van der Waals surface area contributed by atoms with Crippen LogP contribution in [0.15, 0.2) is 70.7 Å². The van der Waals surface area contributed by atoms with Crippen molar-refractivity contribution < 1.29 is 38.1 Å². The van der Waals surface area contributed by atoms with Gasteiger partial charge in [-0.1, -0.05) is 51.1 Å². The lowest BCUT2D eigenvalue weighted by Gasteiger charge is -2.35. The Morgan fingerprint density at radius 3 is 2.46 bits per heavy atom. The second-order valence-electron chi connectivity index (χ2n) is 17.2. The number of nitrogens with zero attached hydrogens (tertiary/aromatic N) is 6. The number of carbonyl (C=O) groups is 3. The minimum atomic E-state index is -0.948. The molecule has 0 bridgehead atoms. The predicted octanol–water partition coefficient (Wildman–Crippen LogP) is 4.51. The van der Waals surface area contributed by atoms with Crippen LogP contribution in [0.1, 0.15) is 49.7 Å². The van der Waals surface area contributed by atoms with Crippen molar-refractivity contribution in [3.8, 4) is 16.2 Å². The van der Waals surface area contributed by atoms with Crippen LogP contribution < -0.4 is 20.3 Å². The van der Waals surface area contributed by atoms with Gasteiger partial charge in [0.2, 0.25) is 17.7 Å². The van der Waals surface area contributed by atoms with Crippen LogP contribution in [0.25, 0.3) is 21.5 Å². The van der Waals surface area contributed by atoms with E-state index in [1.807, 2.05) is 101 Å². The van der Waals surface area contributed by atoms with E-state index >= 15 is 0 Å². The Labute approximate surface area is 371 Å². The number of aliphatic hydroxyl groups excluding tert-OH is 1. The van der Waals surface area contributed by atoms with Crippen molar-refractivity contribution in [2.75, 3.05) is 70.6 Å². The summed E-state index contributed by atoms with van der Waals surface area (Å²) in [4.78, 5) is 60.8. The van der Waals surface area contributed by atoms with Gasteiger partial charge in [0.1, 0.15) is 36.6 Å². The SMILES string of the molecule is Cc1ccc(COc2ccc3oc(N4CCN(CCOCCOCC(=O)N[C@H](C(=O)N5C[C@H](O)C[C@H]5C(=O)NCc5ccc(-c6scnc6C)cc5)C(C)(C)C)CC4)nc3c2)nc1. The van der Waals surface area contributed by atoms with E-state index in [-0.39, 0.29) is 38.6 Å². The smallest absolute Gasteiger partial charge is 0.298 e. The molecule has 3 amide bonds. The number of carbonyl (C=O) groups excluding carboxylic acids is 3. The number of hydrogen-bond donors (Lipinski definition) is 3. The molecule has 0 radical (unpaired) electrons. The van der Waals surface area contributed by atoms with E-state index in [2.05, 4.69) is 30.4 Å². The molecule has 3 N–H and O–H groups in total. The number of aliphatic hydroxyl groups is 1. The summed E-state index contributed by atoms with van der Waals surface area (Å²) in [5, 5.41) is 16.3. The number of hydrogen-bond acceptors (Lipinski definition) is 14. The average molecular weight is 883 g/mol. The number of aryl methyl sites for hydroxylation is 2. The number of pyridine rings is 1. The zero-order valence-electron chi connectivity index (χ0n) is 36.7. The zero-order valence-corrected chi connectivity index (χ0v) is 37.5. The molecule has 2 fully saturated rings. The number of anilines is 1. The fraction of sp³-hybridized carbons (Fsp3) is 0.478. The van der Waals surface area contributed by atoms with Gasteiger partial charge >= 0.3 is 0 Å². The summed E-state index contributed by atoms with van der Waals surface area (Å²) in [6.07, 6.45) is 1.07. The maximum atomic E-state index is 14.0. The number of nitrogens with one attached hydrogen (secondary N) is 2. The van der Waals surface area contributed by atoms with Crippen LogP contribution in [-0.4, -0.2) is 131 Å². The van der Waals surface area contributed by atoms with Crippen molar-refractivity contribution in [3.05, 3.63) is 88.8 Å². The van der Waals surface area contributed by atoms with Gasteiger partial charge < -0.3 is 44.2 Å². The van der Waals surface area contributed by atoms with Gasteiger partial charge in [0, 0.05) is 64.5 Å². The summed E-state index contributed by atoms with van der Waals surface area (Å²) in [6.45, 7) is 14.8. The van der Waals surface area contributed by atoms with E-state index in [1.54, 1.807) is 11.3 Å². The Hall–Kier alpha value is -5.46. The molecule has 2 aliphatic heterocycles. The van der Waals surface area contributed by atoms with Crippen molar-refractivity contribution in [2.45, 2.75) is 72.4 Å². The van der Waals surface area contributed by atoms with Gasteiger partial charge in [-0.05, 0) is 54.2 Å². The standard InChI is InChI=1S/C46H58N8O8S/c1-30-6-11-34(47-24-30)27-61-36-12-13-39-37(23-36)50-45(62-39)53-16-14-52(15-17-53)18-19-59-20-21-60-28-40(56)51-42(46(3,4)5)44(58)54-26-35(55)22-38(54)43(57)48-25-32-7-9-33(10-8-32)41-31(2)49-29-63-41/h6-13,23-24,29,35,38,42,55H,14-22,25-28H2,1-5H3,(H,48,57)(H,51,56)/t35-,38+,42-/m1/s1. The number of fused-ring (bicyclic) bond motifs is 1. The van der Waals surface area contributed by atoms with Crippen LogP contribution in [0.4, 0.5) is 6.01 Å². The van der Waals surface area contributed by atoms with Gasteiger partial charge in [-0.3, -0.25) is 24.3 Å². The van der Waals surface area contributed by atoms with E-state index < -0.39 is 35.4 Å². The third-order valence-electron chi connectivity index (χ3n) is 11.2. The number of aromatic nitrogens is 3. The van der Waals surface area contributed by atoms with Crippen molar-refractivity contribution >= 4 is 46.2 Å². The zero-order chi connectivity index (χ0) is 44.5. The first-order valence-electron chi connectivity index (χ1n) is 21.4. The highest BCUT2D eigenvalue weighted by atomic mass is 32.1. The van der Waals surface area contributed by atoms with Crippen LogP contribution in [0, 0.1) is 19.3 Å². The highest BCUT2D eigenvalue weighted by Gasteiger charge is 2.44. The van der Waals surface area contributed by atoms with Gasteiger partial charge in [-0.25, -0.2) is 4.98 Å². The third-order valence-corrected chi connectivity index (χ3v) is 12.2. The maximum absolute atomic E-state index is 14.0.